The number of hydrogen-bond donors (Lipinski definition) is 0. The molecule has 0 spiro atoms. The monoisotopic (exact) mass is 255 g/mol. The van der Waals surface area contributed by atoms with Crippen molar-refractivity contribution in [1.82, 2.24) is 4.90 Å². The summed E-state index contributed by atoms with van der Waals surface area (Å²) in [5, 5.41) is 0. The summed E-state index contributed by atoms with van der Waals surface area (Å²) < 4.78 is 13.6. The second kappa shape index (κ2) is 6.36. The van der Waals surface area contributed by atoms with Gasteiger partial charge in [0, 0.05) is 24.0 Å². The van der Waals surface area contributed by atoms with E-state index in [-0.39, 0.29) is 5.82 Å². The minimum atomic E-state index is -0.0947. The lowest BCUT2D eigenvalue weighted by Crippen LogP contribution is -2.39. The van der Waals surface area contributed by atoms with Crippen molar-refractivity contribution in [2.75, 3.05) is 12.4 Å². The van der Waals surface area contributed by atoms with Gasteiger partial charge >= 0.3 is 0 Å². The van der Waals surface area contributed by atoms with Crippen molar-refractivity contribution in [2.45, 2.75) is 38.3 Å². The molecule has 0 radical (unpaired) electrons. The van der Waals surface area contributed by atoms with Gasteiger partial charge in [0.2, 0.25) is 0 Å². The summed E-state index contributed by atoms with van der Waals surface area (Å²) in [6.07, 6.45) is 4.69. The molecule has 2 rings (SSSR count). The lowest BCUT2D eigenvalue weighted by molar-refractivity contribution is 0.135. The highest BCUT2D eigenvalue weighted by Crippen LogP contribution is 2.23. The molecule has 0 aromatic heterocycles. The second-order valence-electron chi connectivity index (χ2n) is 4.69. The van der Waals surface area contributed by atoms with E-state index in [1.54, 1.807) is 6.07 Å². The maximum absolute atomic E-state index is 13.6. The Morgan fingerprint density at radius 2 is 2.12 bits per heavy atom. The van der Waals surface area contributed by atoms with Crippen LogP contribution in [0.15, 0.2) is 24.3 Å². The first-order valence-corrected chi connectivity index (χ1v) is 6.88. The van der Waals surface area contributed by atoms with Gasteiger partial charge in [-0.2, -0.15) is 0 Å². The van der Waals surface area contributed by atoms with Crippen LogP contribution in [0.5, 0.6) is 0 Å². The normalized spacial score (nSPS) is 21.6. The van der Waals surface area contributed by atoms with Crippen LogP contribution in [0.3, 0.4) is 0 Å². The van der Waals surface area contributed by atoms with Gasteiger partial charge in [0.05, 0.1) is 0 Å². The van der Waals surface area contributed by atoms with E-state index in [9.17, 15) is 4.39 Å². The molecular formula is C14H19ClFN. The van der Waals surface area contributed by atoms with E-state index in [2.05, 4.69) is 4.90 Å². The van der Waals surface area contributed by atoms with Gasteiger partial charge in [-0.1, -0.05) is 24.6 Å². The number of nitrogens with zero attached hydrogens (tertiary/aromatic N) is 1. The second-order valence-corrected chi connectivity index (χ2v) is 5.07. The number of piperidine rings is 1. The highest BCUT2D eigenvalue weighted by Gasteiger charge is 2.22. The van der Waals surface area contributed by atoms with Crippen LogP contribution in [0, 0.1) is 5.82 Å². The number of rotatable bonds is 4. The summed E-state index contributed by atoms with van der Waals surface area (Å²) in [5.74, 6) is 0.598. The third-order valence-electron chi connectivity index (χ3n) is 3.52. The predicted octanol–water partition coefficient (Wildman–Crippen LogP) is 3.81. The molecule has 0 saturated carbocycles. The first-order chi connectivity index (χ1) is 8.31. The van der Waals surface area contributed by atoms with Gasteiger partial charge in [0.1, 0.15) is 5.82 Å². The molecule has 1 nitrogen and oxygen atoms in total. The van der Waals surface area contributed by atoms with Crippen LogP contribution in [0.25, 0.3) is 0 Å². The fraction of sp³-hybridized carbons (Fsp3) is 0.571. The zero-order valence-electron chi connectivity index (χ0n) is 10.0. The van der Waals surface area contributed by atoms with Crippen molar-refractivity contribution in [3.8, 4) is 0 Å². The van der Waals surface area contributed by atoms with Gasteiger partial charge < -0.3 is 0 Å². The van der Waals surface area contributed by atoms with Gasteiger partial charge in [0.25, 0.3) is 0 Å². The summed E-state index contributed by atoms with van der Waals surface area (Å²) in [4.78, 5) is 2.38. The van der Waals surface area contributed by atoms with Gasteiger partial charge in [-0.15, -0.1) is 11.6 Å². The summed E-state index contributed by atoms with van der Waals surface area (Å²) in [7, 11) is 0. The van der Waals surface area contributed by atoms with Crippen LogP contribution in [0.2, 0.25) is 0 Å². The number of likely N-dealkylation sites (tertiary alicyclic amines) is 1. The summed E-state index contributed by atoms with van der Waals surface area (Å²) in [5.41, 5.74) is 0.800. The van der Waals surface area contributed by atoms with Gasteiger partial charge in [0.15, 0.2) is 0 Å². The molecule has 1 aromatic rings. The van der Waals surface area contributed by atoms with Gasteiger partial charge in [-0.25, -0.2) is 4.39 Å². The summed E-state index contributed by atoms with van der Waals surface area (Å²) >= 11 is 5.83. The number of alkyl halides is 1. The van der Waals surface area contributed by atoms with Crippen molar-refractivity contribution in [3.63, 3.8) is 0 Å². The van der Waals surface area contributed by atoms with Crippen LogP contribution in [-0.4, -0.2) is 23.4 Å². The third kappa shape index (κ3) is 3.43. The number of benzene rings is 1. The van der Waals surface area contributed by atoms with E-state index in [4.69, 9.17) is 11.6 Å². The van der Waals surface area contributed by atoms with Crippen molar-refractivity contribution in [1.29, 1.82) is 0 Å². The highest BCUT2D eigenvalue weighted by atomic mass is 35.5. The van der Waals surface area contributed by atoms with Crippen molar-refractivity contribution in [3.05, 3.63) is 35.6 Å². The van der Waals surface area contributed by atoms with Crippen LogP contribution in [0.1, 0.15) is 31.2 Å². The molecular weight excluding hydrogens is 237 g/mol. The van der Waals surface area contributed by atoms with Crippen molar-refractivity contribution in [2.24, 2.45) is 0 Å². The standard InChI is InChI=1S/C14H19ClFN/c15-9-8-13-6-3-4-10-17(13)11-12-5-1-2-7-14(12)16/h1-2,5,7,13H,3-4,6,8-11H2. The summed E-state index contributed by atoms with van der Waals surface area (Å²) in [6.45, 7) is 1.78. The van der Waals surface area contributed by atoms with Gasteiger partial charge in [-0.05, 0) is 31.9 Å². The topological polar surface area (TPSA) is 3.24 Å². The Hall–Kier alpha value is -0.600. The minimum Gasteiger partial charge on any atom is -0.296 e. The van der Waals surface area contributed by atoms with Crippen molar-refractivity contribution < 1.29 is 4.39 Å². The molecule has 1 fully saturated rings. The molecule has 1 atom stereocenters. The zero-order chi connectivity index (χ0) is 12.1. The Bertz CT molecular complexity index is 354. The number of halogens is 2. The lowest BCUT2D eigenvalue weighted by atomic mass is 9.99. The smallest absolute Gasteiger partial charge is 0.127 e. The minimum absolute atomic E-state index is 0.0947. The first-order valence-electron chi connectivity index (χ1n) is 6.34. The average Bonchev–Trinajstić information content (AvgIpc) is 2.35. The van der Waals surface area contributed by atoms with E-state index >= 15 is 0 Å². The molecule has 1 saturated heterocycles. The molecule has 1 aliphatic rings. The molecule has 0 aliphatic carbocycles. The SMILES string of the molecule is Fc1ccccc1CN1CCCCC1CCCl. The largest absolute Gasteiger partial charge is 0.296 e. The Morgan fingerprint density at radius 1 is 1.29 bits per heavy atom. The van der Waals surface area contributed by atoms with E-state index in [0.717, 1.165) is 18.5 Å². The van der Waals surface area contributed by atoms with Crippen LogP contribution in [0.4, 0.5) is 4.39 Å². The Balaban J connectivity index is 2.03. The lowest BCUT2D eigenvalue weighted by Gasteiger charge is -2.35. The fourth-order valence-corrected chi connectivity index (χ4v) is 2.82. The molecule has 17 heavy (non-hydrogen) atoms. The molecule has 0 bridgehead atoms. The average molecular weight is 256 g/mol. The zero-order valence-corrected chi connectivity index (χ0v) is 10.8. The maximum Gasteiger partial charge on any atom is 0.127 e. The Labute approximate surface area is 108 Å². The highest BCUT2D eigenvalue weighted by molar-refractivity contribution is 6.17. The molecule has 3 heteroatoms. The molecule has 1 aliphatic heterocycles. The van der Waals surface area contributed by atoms with Crippen LogP contribution < -0.4 is 0 Å². The molecule has 1 unspecified atom stereocenters. The quantitative estimate of drug-likeness (QED) is 0.740. The van der Waals surface area contributed by atoms with Gasteiger partial charge in [-0.3, -0.25) is 4.90 Å². The summed E-state index contributed by atoms with van der Waals surface area (Å²) in [6, 6.07) is 7.59. The van der Waals surface area contributed by atoms with Crippen LogP contribution >= 0.6 is 11.6 Å². The predicted molar refractivity (Wildman–Crippen MR) is 69.8 cm³/mol. The fourth-order valence-electron chi connectivity index (χ4n) is 2.57. The maximum atomic E-state index is 13.6. The molecule has 94 valence electrons. The molecule has 1 heterocycles. The number of hydrogen-bond acceptors (Lipinski definition) is 1. The Kier molecular flexibility index (Phi) is 4.81. The van der Waals surface area contributed by atoms with E-state index in [0.29, 0.717) is 18.5 Å². The first kappa shape index (κ1) is 12.8. The van der Waals surface area contributed by atoms with E-state index in [1.807, 2.05) is 12.1 Å². The van der Waals surface area contributed by atoms with E-state index in [1.165, 1.54) is 25.3 Å². The molecule has 0 N–H and O–H groups in total. The van der Waals surface area contributed by atoms with Crippen LogP contribution in [-0.2, 0) is 6.54 Å². The molecule has 0 amide bonds. The Morgan fingerprint density at radius 3 is 2.88 bits per heavy atom. The molecule has 1 aromatic carbocycles. The van der Waals surface area contributed by atoms with E-state index < -0.39 is 0 Å². The third-order valence-corrected chi connectivity index (χ3v) is 3.74. The van der Waals surface area contributed by atoms with Crippen molar-refractivity contribution >= 4 is 11.6 Å².